The van der Waals surface area contributed by atoms with Crippen LogP contribution in [-0.4, -0.2) is 24.1 Å². The number of halogens is 1. The van der Waals surface area contributed by atoms with Crippen molar-refractivity contribution in [2.24, 2.45) is 0 Å². The predicted molar refractivity (Wildman–Crippen MR) is 84.4 cm³/mol. The zero-order valence-corrected chi connectivity index (χ0v) is 13.3. The zero-order valence-electron chi connectivity index (χ0n) is 13.3. The Morgan fingerprint density at radius 3 is 2.59 bits per heavy atom. The number of benzene rings is 1. The standard InChI is InChI=1S/C17H20FN3O/c1-17(2,3)21-11-15(22-4)5-6-16(21)20-14-8-12(10-19)7-13(18)9-14/h5-9,20H,11H2,1-4H3. The summed E-state index contributed by atoms with van der Waals surface area (Å²) in [6.07, 6.45) is 3.78. The number of nitriles is 1. The second kappa shape index (κ2) is 6.10. The van der Waals surface area contributed by atoms with Gasteiger partial charge < -0.3 is 15.0 Å². The number of methoxy groups -OCH3 is 1. The lowest BCUT2D eigenvalue weighted by atomic mass is 10.0. The second-order valence-corrected chi connectivity index (χ2v) is 6.11. The highest BCUT2D eigenvalue weighted by Gasteiger charge is 2.27. The van der Waals surface area contributed by atoms with E-state index < -0.39 is 5.82 Å². The van der Waals surface area contributed by atoms with E-state index in [0.29, 0.717) is 12.2 Å². The number of hydrogen-bond acceptors (Lipinski definition) is 4. The van der Waals surface area contributed by atoms with Crippen LogP contribution in [0.5, 0.6) is 0 Å². The molecule has 0 radical (unpaired) electrons. The molecule has 1 aromatic rings. The lowest BCUT2D eigenvalue weighted by Crippen LogP contribution is -2.45. The molecular formula is C17H20FN3O. The minimum Gasteiger partial charge on any atom is -0.499 e. The lowest BCUT2D eigenvalue weighted by molar-refractivity contribution is 0.158. The summed E-state index contributed by atoms with van der Waals surface area (Å²) in [5, 5.41) is 12.1. The van der Waals surface area contributed by atoms with E-state index in [2.05, 4.69) is 31.0 Å². The fraction of sp³-hybridized carbons (Fsp3) is 0.353. The van der Waals surface area contributed by atoms with E-state index in [-0.39, 0.29) is 11.1 Å². The molecule has 116 valence electrons. The van der Waals surface area contributed by atoms with Crippen molar-refractivity contribution < 1.29 is 9.13 Å². The average molecular weight is 301 g/mol. The highest BCUT2D eigenvalue weighted by molar-refractivity contribution is 5.54. The van der Waals surface area contributed by atoms with Crippen LogP contribution >= 0.6 is 0 Å². The van der Waals surface area contributed by atoms with Crippen molar-refractivity contribution in [2.75, 3.05) is 19.0 Å². The minimum atomic E-state index is -0.437. The number of anilines is 1. The lowest BCUT2D eigenvalue weighted by Gasteiger charge is -2.41. The fourth-order valence-corrected chi connectivity index (χ4v) is 2.27. The number of nitrogens with zero attached hydrogens (tertiary/aromatic N) is 2. The number of allylic oxidation sites excluding steroid dienone is 2. The summed E-state index contributed by atoms with van der Waals surface area (Å²) in [6, 6.07) is 6.17. The van der Waals surface area contributed by atoms with Gasteiger partial charge in [-0.25, -0.2) is 4.39 Å². The smallest absolute Gasteiger partial charge is 0.126 e. The first-order valence-electron chi connectivity index (χ1n) is 7.03. The number of rotatable bonds is 3. The molecule has 0 spiro atoms. The van der Waals surface area contributed by atoms with E-state index in [1.165, 1.54) is 12.1 Å². The van der Waals surface area contributed by atoms with E-state index in [0.717, 1.165) is 11.6 Å². The summed E-state index contributed by atoms with van der Waals surface area (Å²) in [5.74, 6) is 1.26. The molecule has 1 heterocycles. The Morgan fingerprint density at radius 2 is 2.00 bits per heavy atom. The third kappa shape index (κ3) is 3.59. The van der Waals surface area contributed by atoms with Crippen molar-refractivity contribution in [1.29, 1.82) is 5.26 Å². The molecule has 0 aliphatic carbocycles. The number of hydrogen-bond donors (Lipinski definition) is 1. The van der Waals surface area contributed by atoms with Crippen LogP contribution in [0.25, 0.3) is 0 Å². The molecule has 22 heavy (non-hydrogen) atoms. The third-order valence-corrected chi connectivity index (χ3v) is 3.40. The summed E-state index contributed by atoms with van der Waals surface area (Å²) in [6.45, 7) is 6.90. The van der Waals surface area contributed by atoms with E-state index in [9.17, 15) is 4.39 Å². The first-order chi connectivity index (χ1) is 10.3. The number of ether oxygens (including phenoxy) is 1. The maximum Gasteiger partial charge on any atom is 0.126 e. The highest BCUT2D eigenvalue weighted by Crippen LogP contribution is 2.26. The fourth-order valence-electron chi connectivity index (χ4n) is 2.27. The van der Waals surface area contributed by atoms with Crippen molar-refractivity contribution in [3.05, 3.63) is 53.3 Å². The van der Waals surface area contributed by atoms with Gasteiger partial charge in [0.2, 0.25) is 0 Å². The van der Waals surface area contributed by atoms with Crippen LogP contribution < -0.4 is 5.32 Å². The molecule has 5 heteroatoms. The first kappa shape index (κ1) is 15.9. The van der Waals surface area contributed by atoms with Crippen molar-refractivity contribution in [3.63, 3.8) is 0 Å². The van der Waals surface area contributed by atoms with Crippen LogP contribution in [0.2, 0.25) is 0 Å². The first-order valence-corrected chi connectivity index (χ1v) is 7.03. The van der Waals surface area contributed by atoms with Gasteiger partial charge in [0.1, 0.15) is 17.4 Å². The minimum absolute atomic E-state index is 0.137. The maximum absolute atomic E-state index is 13.6. The summed E-state index contributed by atoms with van der Waals surface area (Å²) in [4.78, 5) is 2.13. The molecule has 1 aromatic carbocycles. The van der Waals surface area contributed by atoms with Crippen LogP contribution in [0.1, 0.15) is 26.3 Å². The van der Waals surface area contributed by atoms with Gasteiger partial charge in [0.15, 0.2) is 0 Å². The maximum atomic E-state index is 13.6. The molecule has 0 saturated heterocycles. The van der Waals surface area contributed by atoms with E-state index in [1.54, 1.807) is 13.2 Å². The molecule has 0 bridgehead atoms. The van der Waals surface area contributed by atoms with Crippen molar-refractivity contribution in [2.45, 2.75) is 26.3 Å². The van der Waals surface area contributed by atoms with Gasteiger partial charge in [-0.3, -0.25) is 0 Å². The quantitative estimate of drug-likeness (QED) is 0.927. The van der Waals surface area contributed by atoms with Gasteiger partial charge in [-0.05, 0) is 51.1 Å². The largest absolute Gasteiger partial charge is 0.499 e. The van der Waals surface area contributed by atoms with E-state index in [1.807, 2.05) is 18.2 Å². The van der Waals surface area contributed by atoms with Crippen LogP contribution in [0.4, 0.5) is 10.1 Å². The van der Waals surface area contributed by atoms with Gasteiger partial charge in [0.05, 0.1) is 25.3 Å². The number of nitrogens with one attached hydrogen (secondary N) is 1. The topological polar surface area (TPSA) is 48.3 Å². The Bertz CT molecular complexity index is 665. The Kier molecular flexibility index (Phi) is 4.41. The van der Waals surface area contributed by atoms with E-state index >= 15 is 0 Å². The summed E-state index contributed by atoms with van der Waals surface area (Å²) in [5.41, 5.74) is 0.697. The summed E-state index contributed by atoms with van der Waals surface area (Å²) >= 11 is 0. The van der Waals surface area contributed by atoms with Crippen molar-refractivity contribution in [1.82, 2.24) is 4.90 Å². The van der Waals surface area contributed by atoms with Crippen LogP contribution in [0, 0.1) is 17.1 Å². The third-order valence-electron chi connectivity index (χ3n) is 3.40. The van der Waals surface area contributed by atoms with Crippen molar-refractivity contribution in [3.8, 4) is 6.07 Å². The van der Waals surface area contributed by atoms with Gasteiger partial charge in [0, 0.05) is 11.2 Å². The van der Waals surface area contributed by atoms with Gasteiger partial charge >= 0.3 is 0 Å². The molecule has 2 rings (SSSR count). The molecule has 0 unspecified atom stereocenters. The molecule has 1 aliphatic rings. The van der Waals surface area contributed by atoms with Crippen LogP contribution in [-0.2, 0) is 4.74 Å². The molecular weight excluding hydrogens is 281 g/mol. The van der Waals surface area contributed by atoms with Gasteiger partial charge in [-0.1, -0.05) is 0 Å². The van der Waals surface area contributed by atoms with Crippen LogP contribution in [0.3, 0.4) is 0 Å². The Morgan fingerprint density at radius 1 is 1.27 bits per heavy atom. The Hall–Kier alpha value is -2.48. The molecule has 0 amide bonds. The molecule has 1 N–H and O–H groups in total. The van der Waals surface area contributed by atoms with Gasteiger partial charge in [-0.2, -0.15) is 5.26 Å². The highest BCUT2D eigenvalue weighted by atomic mass is 19.1. The van der Waals surface area contributed by atoms with E-state index in [4.69, 9.17) is 10.00 Å². The SMILES string of the molecule is COC1=CC=C(Nc2cc(F)cc(C#N)c2)N(C(C)(C)C)C1. The summed E-state index contributed by atoms with van der Waals surface area (Å²) in [7, 11) is 1.64. The molecule has 0 atom stereocenters. The average Bonchev–Trinajstić information content (AvgIpc) is 2.45. The second-order valence-electron chi connectivity index (χ2n) is 6.11. The van der Waals surface area contributed by atoms with Gasteiger partial charge in [0.25, 0.3) is 0 Å². The molecule has 0 fully saturated rings. The Labute approximate surface area is 130 Å². The normalized spacial score (nSPS) is 14.8. The summed E-state index contributed by atoms with van der Waals surface area (Å²) < 4.78 is 18.9. The molecule has 0 saturated carbocycles. The molecule has 0 aromatic heterocycles. The van der Waals surface area contributed by atoms with Gasteiger partial charge in [-0.15, -0.1) is 0 Å². The monoisotopic (exact) mass is 301 g/mol. The molecule has 1 aliphatic heterocycles. The Balaban J connectivity index is 2.33. The predicted octanol–water partition coefficient (Wildman–Crippen LogP) is 3.60. The zero-order chi connectivity index (χ0) is 16.3. The van der Waals surface area contributed by atoms with Crippen molar-refractivity contribution >= 4 is 5.69 Å². The van der Waals surface area contributed by atoms with Crippen LogP contribution in [0.15, 0.2) is 41.9 Å². The molecule has 4 nitrogen and oxygen atoms in total.